The van der Waals surface area contributed by atoms with Crippen LogP contribution in [0.3, 0.4) is 0 Å². The van der Waals surface area contributed by atoms with Crippen LogP contribution in [-0.2, 0) is 18.5 Å². The van der Waals surface area contributed by atoms with Gasteiger partial charge >= 0.3 is 5.69 Å². The summed E-state index contributed by atoms with van der Waals surface area (Å²) in [6.07, 6.45) is 9.97. The van der Waals surface area contributed by atoms with Crippen molar-refractivity contribution in [3.8, 4) is 28.5 Å². The van der Waals surface area contributed by atoms with Crippen LogP contribution in [0.25, 0.3) is 28.5 Å². The first-order chi connectivity index (χ1) is 17.9. The number of aryl methyl sites for hydroxylation is 1. The minimum Gasteiger partial charge on any atom is -0.294 e. The molecule has 5 rings (SSSR count). The molecule has 4 heterocycles. The molecular weight excluding hydrogens is 468 g/mol. The van der Waals surface area contributed by atoms with Gasteiger partial charge in [-0.3, -0.25) is 14.1 Å². The van der Waals surface area contributed by atoms with Crippen LogP contribution in [0, 0.1) is 0 Å². The molecule has 11 heteroatoms. The maximum Gasteiger partial charge on any atom is 0.335 e. The Labute approximate surface area is 214 Å². The predicted octanol–water partition coefficient (Wildman–Crippen LogP) is 3.62. The molecule has 0 saturated heterocycles. The molecule has 0 atom stereocenters. The molecule has 0 aliphatic heterocycles. The van der Waals surface area contributed by atoms with Crippen molar-refractivity contribution >= 4 is 0 Å². The Morgan fingerprint density at radius 1 is 1.03 bits per heavy atom. The first-order valence-electron chi connectivity index (χ1n) is 12.4. The normalized spacial score (nSPS) is 11.8. The van der Waals surface area contributed by atoms with Gasteiger partial charge in [-0.2, -0.15) is 0 Å². The average Bonchev–Trinajstić information content (AvgIpc) is 3.65. The number of hydrogen-bond donors (Lipinski definition) is 1. The maximum atomic E-state index is 13.8. The van der Waals surface area contributed by atoms with E-state index < -0.39 is 0 Å². The minimum atomic E-state index is -0.269. The molecule has 0 bridgehead atoms. The Kier molecular flexibility index (Phi) is 6.51. The summed E-state index contributed by atoms with van der Waals surface area (Å²) in [6.45, 7) is 8.73. The van der Waals surface area contributed by atoms with Gasteiger partial charge in [-0.1, -0.05) is 37.6 Å². The number of aromatic amines is 1. The lowest BCUT2D eigenvalue weighted by atomic mass is 10.00. The van der Waals surface area contributed by atoms with Crippen LogP contribution in [0.5, 0.6) is 0 Å². The van der Waals surface area contributed by atoms with Gasteiger partial charge in [0.15, 0.2) is 5.82 Å². The van der Waals surface area contributed by atoms with Gasteiger partial charge in [-0.15, -0.1) is 15.3 Å². The topological polar surface area (TPSA) is 125 Å². The number of tetrazole rings is 1. The molecule has 0 aliphatic rings. The molecule has 0 spiro atoms. The maximum absolute atomic E-state index is 13.8. The van der Waals surface area contributed by atoms with Gasteiger partial charge in [-0.25, -0.2) is 14.5 Å². The Bertz CT molecular complexity index is 1540. The Balaban J connectivity index is 1.54. The number of H-pyrrole nitrogens is 1. The molecule has 37 heavy (non-hydrogen) atoms. The highest BCUT2D eigenvalue weighted by atomic mass is 16.2. The monoisotopic (exact) mass is 498 g/mol. The first-order valence-corrected chi connectivity index (χ1v) is 12.4. The van der Waals surface area contributed by atoms with Gasteiger partial charge in [0.2, 0.25) is 5.95 Å². The predicted molar refractivity (Wildman–Crippen MR) is 139 cm³/mol. The van der Waals surface area contributed by atoms with Crippen molar-refractivity contribution in [2.24, 2.45) is 0 Å². The molecule has 0 radical (unpaired) electrons. The number of aromatic nitrogens is 10. The average molecular weight is 499 g/mol. The minimum absolute atomic E-state index is 0.146. The van der Waals surface area contributed by atoms with Crippen LogP contribution >= 0.6 is 0 Å². The summed E-state index contributed by atoms with van der Waals surface area (Å²) in [4.78, 5) is 18.1. The molecule has 1 aromatic carbocycles. The summed E-state index contributed by atoms with van der Waals surface area (Å²) in [5.41, 5.74) is 4.41. The van der Waals surface area contributed by atoms with Crippen LogP contribution in [-0.4, -0.2) is 49.5 Å². The van der Waals surface area contributed by atoms with E-state index >= 15 is 0 Å². The molecule has 190 valence electrons. The van der Waals surface area contributed by atoms with Crippen LogP contribution in [0.1, 0.15) is 51.8 Å². The third-order valence-corrected chi connectivity index (χ3v) is 6.36. The number of unbranched alkanes of at least 4 members (excludes halogenated alkanes) is 1. The lowest BCUT2D eigenvalue weighted by molar-refractivity contribution is 0.389. The fraction of sp³-hybridized carbons (Fsp3) is 0.346. The summed E-state index contributed by atoms with van der Waals surface area (Å²) >= 11 is 0. The first kappa shape index (κ1) is 24.3. The standard InChI is InChI=1S/C26H30N10O/c1-5-6-7-21-16-35(24-31-28-17-36(24)26(2,3)4)25(37)34(21)15-20-14-27-13-12-22(20)18-8-10-19(11-9-18)23-29-32-33-30-23/h8-14,16-17H,5-7,15H2,1-4H3,(H,29,30,32,33). The molecule has 11 nitrogen and oxygen atoms in total. The largest absolute Gasteiger partial charge is 0.335 e. The zero-order valence-electron chi connectivity index (χ0n) is 21.5. The molecular formula is C26H30N10O. The van der Waals surface area contributed by atoms with Crippen molar-refractivity contribution in [2.75, 3.05) is 0 Å². The number of benzene rings is 1. The zero-order chi connectivity index (χ0) is 26.0. The number of imidazole rings is 1. The van der Waals surface area contributed by atoms with Crippen molar-refractivity contribution in [3.05, 3.63) is 77.0 Å². The summed E-state index contributed by atoms with van der Waals surface area (Å²) in [5.74, 6) is 1.12. The Morgan fingerprint density at radius 2 is 1.81 bits per heavy atom. The smallest absolute Gasteiger partial charge is 0.294 e. The van der Waals surface area contributed by atoms with E-state index in [9.17, 15) is 4.79 Å². The molecule has 0 aliphatic carbocycles. The second kappa shape index (κ2) is 9.92. The van der Waals surface area contributed by atoms with Crippen molar-refractivity contribution in [1.29, 1.82) is 0 Å². The van der Waals surface area contributed by atoms with Crippen molar-refractivity contribution in [3.63, 3.8) is 0 Å². The Morgan fingerprint density at radius 3 is 2.51 bits per heavy atom. The van der Waals surface area contributed by atoms with E-state index in [2.05, 4.69) is 63.5 Å². The molecule has 0 amide bonds. The summed E-state index contributed by atoms with van der Waals surface area (Å²) < 4.78 is 5.36. The molecule has 0 saturated carbocycles. The lowest BCUT2D eigenvalue weighted by Gasteiger charge is -2.21. The number of nitrogens with one attached hydrogen (secondary N) is 1. The highest BCUT2D eigenvalue weighted by Gasteiger charge is 2.23. The number of nitrogens with zero attached hydrogens (tertiary/aromatic N) is 9. The summed E-state index contributed by atoms with van der Waals surface area (Å²) in [6, 6.07) is 9.96. The number of hydrogen-bond acceptors (Lipinski definition) is 7. The van der Waals surface area contributed by atoms with E-state index in [0.717, 1.165) is 47.2 Å². The van der Waals surface area contributed by atoms with E-state index in [0.29, 0.717) is 18.3 Å². The molecule has 0 fully saturated rings. The highest BCUT2D eigenvalue weighted by Crippen LogP contribution is 2.26. The summed E-state index contributed by atoms with van der Waals surface area (Å²) in [5, 5.41) is 22.4. The van der Waals surface area contributed by atoms with Gasteiger partial charge in [-0.05, 0) is 66.8 Å². The fourth-order valence-corrected chi connectivity index (χ4v) is 4.36. The van der Waals surface area contributed by atoms with E-state index in [1.54, 1.807) is 17.1 Å². The Hall–Kier alpha value is -4.41. The van der Waals surface area contributed by atoms with Gasteiger partial charge in [0, 0.05) is 35.4 Å². The quantitative estimate of drug-likeness (QED) is 0.346. The van der Waals surface area contributed by atoms with E-state index in [1.165, 1.54) is 0 Å². The second-order valence-electron chi connectivity index (χ2n) is 9.99. The van der Waals surface area contributed by atoms with Crippen molar-refractivity contribution in [2.45, 2.75) is 59.0 Å². The van der Waals surface area contributed by atoms with E-state index in [4.69, 9.17) is 0 Å². The van der Waals surface area contributed by atoms with Gasteiger partial charge < -0.3 is 0 Å². The van der Waals surface area contributed by atoms with Crippen molar-refractivity contribution in [1.82, 2.24) is 49.5 Å². The molecule has 4 aromatic heterocycles. The van der Waals surface area contributed by atoms with Gasteiger partial charge in [0.05, 0.1) is 6.54 Å². The van der Waals surface area contributed by atoms with Gasteiger partial charge in [0.25, 0.3) is 0 Å². The summed E-state index contributed by atoms with van der Waals surface area (Å²) in [7, 11) is 0. The molecule has 0 unspecified atom stereocenters. The van der Waals surface area contributed by atoms with Crippen molar-refractivity contribution < 1.29 is 0 Å². The third-order valence-electron chi connectivity index (χ3n) is 6.36. The van der Waals surface area contributed by atoms with E-state index in [-0.39, 0.29) is 11.2 Å². The molecule has 5 aromatic rings. The number of rotatable bonds is 8. The third kappa shape index (κ3) is 4.84. The van der Waals surface area contributed by atoms with Crippen LogP contribution in [0.15, 0.2) is 60.0 Å². The van der Waals surface area contributed by atoms with E-state index in [1.807, 2.05) is 51.9 Å². The highest BCUT2D eigenvalue weighted by molar-refractivity contribution is 5.69. The number of pyridine rings is 1. The molecule has 1 N–H and O–H groups in total. The zero-order valence-corrected chi connectivity index (χ0v) is 21.5. The fourth-order valence-electron chi connectivity index (χ4n) is 4.36. The van der Waals surface area contributed by atoms with Crippen LogP contribution in [0.2, 0.25) is 0 Å². The SMILES string of the molecule is CCCCc1cn(-c2nncn2C(C)(C)C)c(=O)n1Cc1cnccc1-c1ccc(-c2nnn[nH]2)cc1. The second-order valence-corrected chi connectivity index (χ2v) is 9.99. The van der Waals surface area contributed by atoms with Gasteiger partial charge in [0.1, 0.15) is 6.33 Å². The van der Waals surface area contributed by atoms with Crippen LogP contribution < -0.4 is 5.69 Å². The lowest BCUT2D eigenvalue weighted by Crippen LogP contribution is -2.30. The van der Waals surface area contributed by atoms with Crippen LogP contribution in [0.4, 0.5) is 0 Å².